The minimum atomic E-state index is -0.227. The van der Waals surface area contributed by atoms with Gasteiger partial charge in [0.2, 0.25) is 0 Å². The van der Waals surface area contributed by atoms with Crippen LogP contribution in [-0.4, -0.2) is 11.7 Å². The molecule has 0 saturated heterocycles. The Hall–Kier alpha value is -0.890. The summed E-state index contributed by atoms with van der Waals surface area (Å²) < 4.78 is 12.7. The van der Waals surface area contributed by atoms with Crippen LogP contribution in [0, 0.1) is 11.7 Å². The van der Waals surface area contributed by atoms with Crippen molar-refractivity contribution < 1.29 is 9.50 Å². The summed E-state index contributed by atoms with van der Waals surface area (Å²) in [6, 6.07) is 6.39. The zero-order valence-corrected chi connectivity index (χ0v) is 8.70. The van der Waals surface area contributed by atoms with Gasteiger partial charge in [-0.1, -0.05) is 32.4 Å². The Kier molecular flexibility index (Phi) is 4.08. The Balaban J connectivity index is 2.84. The summed E-state index contributed by atoms with van der Waals surface area (Å²) in [4.78, 5) is 0. The van der Waals surface area contributed by atoms with E-state index in [-0.39, 0.29) is 18.3 Å². The molecule has 1 rings (SSSR count). The molecule has 14 heavy (non-hydrogen) atoms. The first-order chi connectivity index (χ1) is 6.69. The molecule has 0 aliphatic heterocycles. The standard InChI is InChI=1S/C12H17FO/c1-3-9(2)12(8-14)10-4-6-11(13)7-5-10/h4-7,9,12,14H,3,8H2,1-2H3. The van der Waals surface area contributed by atoms with Crippen molar-refractivity contribution in [2.45, 2.75) is 26.2 Å². The van der Waals surface area contributed by atoms with E-state index < -0.39 is 0 Å². The van der Waals surface area contributed by atoms with Crippen molar-refractivity contribution in [1.82, 2.24) is 0 Å². The van der Waals surface area contributed by atoms with Gasteiger partial charge in [0.05, 0.1) is 6.61 Å². The van der Waals surface area contributed by atoms with Crippen molar-refractivity contribution in [3.05, 3.63) is 35.6 Å². The highest BCUT2D eigenvalue weighted by molar-refractivity contribution is 5.21. The van der Waals surface area contributed by atoms with Crippen molar-refractivity contribution >= 4 is 0 Å². The van der Waals surface area contributed by atoms with Gasteiger partial charge in [-0.15, -0.1) is 0 Å². The van der Waals surface area contributed by atoms with Gasteiger partial charge in [-0.05, 0) is 23.6 Å². The number of benzene rings is 1. The monoisotopic (exact) mass is 196 g/mol. The Labute approximate surface area is 84.6 Å². The number of hydrogen-bond donors (Lipinski definition) is 1. The van der Waals surface area contributed by atoms with Gasteiger partial charge in [0.15, 0.2) is 0 Å². The molecule has 0 bridgehead atoms. The molecule has 0 aliphatic rings. The van der Waals surface area contributed by atoms with Gasteiger partial charge < -0.3 is 5.11 Å². The number of hydrogen-bond acceptors (Lipinski definition) is 1. The lowest BCUT2D eigenvalue weighted by Crippen LogP contribution is -2.13. The summed E-state index contributed by atoms with van der Waals surface area (Å²) in [6.45, 7) is 4.32. The molecule has 0 aliphatic carbocycles. The van der Waals surface area contributed by atoms with Gasteiger partial charge in [0, 0.05) is 5.92 Å². The molecule has 2 atom stereocenters. The van der Waals surface area contributed by atoms with E-state index in [2.05, 4.69) is 13.8 Å². The second kappa shape index (κ2) is 5.11. The fraction of sp³-hybridized carbons (Fsp3) is 0.500. The third kappa shape index (κ3) is 2.55. The zero-order chi connectivity index (χ0) is 10.6. The number of halogens is 1. The smallest absolute Gasteiger partial charge is 0.123 e. The van der Waals surface area contributed by atoms with E-state index in [1.54, 1.807) is 12.1 Å². The third-order valence-electron chi connectivity index (χ3n) is 2.83. The van der Waals surface area contributed by atoms with Crippen LogP contribution in [0.1, 0.15) is 31.7 Å². The third-order valence-corrected chi connectivity index (χ3v) is 2.83. The molecule has 1 N–H and O–H groups in total. The van der Waals surface area contributed by atoms with E-state index in [1.807, 2.05) is 0 Å². The van der Waals surface area contributed by atoms with E-state index in [0.717, 1.165) is 12.0 Å². The fourth-order valence-corrected chi connectivity index (χ4v) is 1.61. The van der Waals surface area contributed by atoms with Crippen LogP contribution in [0.15, 0.2) is 24.3 Å². The predicted molar refractivity (Wildman–Crippen MR) is 55.7 cm³/mol. The van der Waals surface area contributed by atoms with E-state index >= 15 is 0 Å². The van der Waals surface area contributed by atoms with Crippen molar-refractivity contribution in [3.8, 4) is 0 Å². The Morgan fingerprint density at radius 3 is 2.29 bits per heavy atom. The van der Waals surface area contributed by atoms with Crippen LogP contribution in [0.2, 0.25) is 0 Å². The average molecular weight is 196 g/mol. The van der Waals surface area contributed by atoms with Crippen LogP contribution >= 0.6 is 0 Å². The van der Waals surface area contributed by atoms with Gasteiger partial charge in [-0.3, -0.25) is 0 Å². The maximum Gasteiger partial charge on any atom is 0.123 e. The molecule has 1 nitrogen and oxygen atoms in total. The highest BCUT2D eigenvalue weighted by Gasteiger charge is 2.16. The van der Waals surface area contributed by atoms with E-state index in [0.29, 0.717) is 5.92 Å². The molecule has 0 aromatic heterocycles. The molecule has 0 radical (unpaired) electrons. The van der Waals surface area contributed by atoms with Gasteiger partial charge in [-0.25, -0.2) is 4.39 Å². The lowest BCUT2D eigenvalue weighted by molar-refractivity contribution is 0.228. The van der Waals surface area contributed by atoms with Gasteiger partial charge >= 0.3 is 0 Å². The zero-order valence-electron chi connectivity index (χ0n) is 8.70. The molecule has 0 heterocycles. The average Bonchev–Trinajstić information content (AvgIpc) is 2.21. The summed E-state index contributed by atoms with van der Waals surface area (Å²) in [5.74, 6) is 0.320. The lowest BCUT2D eigenvalue weighted by Gasteiger charge is -2.20. The molecule has 78 valence electrons. The first kappa shape index (κ1) is 11.2. The first-order valence-electron chi connectivity index (χ1n) is 5.05. The normalized spacial score (nSPS) is 15.1. The summed E-state index contributed by atoms with van der Waals surface area (Å²) >= 11 is 0. The first-order valence-corrected chi connectivity index (χ1v) is 5.05. The second-order valence-electron chi connectivity index (χ2n) is 3.73. The molecule has 0 amide bonds. The van der Waals surface area contributed by atoms with Crippen LogP contribution in [0.25, 0.3) is 0 Å². The topological polar surface area (TPSA) is 20.2 Å². The van der Waals surface area contributed by atoms with Crippen molar-refractivity contribution in [2.24, 2.45) is 5.92 Å². The molecule has 0 fully saturated rings. The lowest BCUT2D eigenvalue weighted by atomic mass is 9.86. The molecule has 2 unspecified atom stereocenters. The van der Waals surface area contributed by atoms with Gasteiger partial charge in [0.25, 0.3) is 0 Å². The Bertz CT molecular complexity index is 268. The molecular formula is C12H17FO. The minimum absolute atomic E-state index is 0.126. The maximum absolute atomic E-state index is 12.7. The fourth-order valence-electron chi connectivity index (χ4n) is 1.61. The van der Waals surface area contributed by atoms with E-state index in [4.69, 9.17) is 0 Å². The van der Waals surface area contributed by atoms with Crippen molar-refractivity contribution in [1.29, 1.82) is 0 Å². The second-order valence-corrected chi connectivity index (χ2v) is 3.73. The van der Waals surface area contributed by atoms with Crippen LogP contribution < -0.4 is 0 Å². The molecule has 0 saturated carbocycles. The van der Waals surface area contributed by atoms with Crippen molar-refractivity contribution in [2.75, 3.05) is 6.61 Å². The summed E-state index contributed by atoms with van der Waals surface area (Å²) in [7, 11) is 0. The minimum Gasteiger partial charge on any atom is -0.396 e. The largest absolute Gasteiger partial charge is 0.396 e. The van der Waals surface area contributed by atoms with Crippen LogP contribution in [-0.2, 0) is 0 Å². The molecule has 2 heteroatoms. The summed E-state index contributed by atoms with van der Waals surface area (Å²) in [5, 5.41) is 9.26. The molecular weight excluding hydrogens is 179 g/mol. The van der Waals surface area contributed by atoms with Gasteiger partial charge in [0.1, 0.15) is 5.82 Å². The summed E-state index contributed by atoms with van der Waals surface area (Å²) in [5.41, 5.74) is 1.02. The van der Waals surface area contributed by atoms with Crippen LogP contribution in [0.3, 0.4) is 0 Å². The molecule has 1 aromatic rings. The van der Waals surface area contributed by atoms with Gasteiger partial charge in [-0.2, -0.15) is 0 Å². The SMILES string of the molecule is CCC(C)C(CO)c1ccc(F)cc1. The van der Waals surface area contributed by atoms with Crippen LogP contribution in [0.5, 0.6) is 0 Å². The molecule has 1 aromatic carbocycles. The highest BCUT2D eigenvalue weighted by Crippen LogP contribution is 2.26. The molecule has 0 spiro atoms. The van der Waals surface area contributed by atoms with E-state index in [1.165, 1.54) is 12.1 Å². The number of aliphatic hydroxyl groups is 1. The predicted octanol–water partition coefficient (Wildman–Crippen LogP) is 2.95. The van der Waals surface area contributed by atoms with Crippen molar-refractivity contribution in [3.63, 3.8) is 0 Å². The maximum atomic E-state index is 12.7. The van der Waals surface area contributed by atoms with Crippen LogP contribution in [0.4, 0.5) is 4.39 Å². The van der Waals surface area contributed by atoms with E-state index in [9.17, 15) is 9.50 Å². The number of rotatable bonds is 4. The Morgan fingerprint density at radius 1 is 1.29 bits per heavy atom. The number of aliphatic hydroxyl groups excluding tert-OH is 1. The highest BCUT2D eigenvalue weighted by atomic mass is 19.1. The summed E-state index contributed by atoms with van der Waals surface area (Å²) in [6.07, 6.45) is 1.02. The Morgan fingerprint density at radius 2 is 1.86 bits per heavy atom. The quantitative estimate of drug-likeness (QED) is 0.785.